The van der Waals surface area contributed by atoms with E-state index in [1.165, 1.54) is 4.57 Å². The summed E-state index contributed by atoms with van der Waals surface area (Å²) in [7, 11) is 0. The van der Waals surface area contributed by atoms with E-state index in [0.717, 1.165) is 50.1 Å². The van der Waals surface area contributed by atoms with Gasteiger partial charge in [-0.1, -0.05) is 335 Å². The van der Waals surface area contributed by atoms with Crippen LogP contribution in [-0.4, -0.2) is 22.6 Å². The summed E-state index contributed by atoms with van der Waals surface area (Å²) in [4.78, 5) is 4.24. The van der Waals surface area contributed by atoms with Crippen molar-refractivity contribution in [3.05, 3.63) is 362 Å². The van der Waals surface area contributed by atoms with E-state index in [1.54, 1.807) is 4.57 Å². The van der Waals surface area contributed by atoms with E-state index >= 15 is 0 Å². The lowest BCUT2D eigenvalue weighted by Crippen LogP contribution is -2.64. The highest BCUT2D eigenvalue weighted by atomic mass is 16.5. The van der Waals surface area contributed by atoms with Crippen molar-refractivity contribution in [1.29, 1.82) is 0 Å². The summed E-state index contributed by atoms with van der Waals surface area (Å²) in [5.74, 6) is 0.408. The third-order valence-electron chi connectivity index (χ3n) is 23.5. The zero-order valence-corrected chi connectivity index (χ0v) is 64.6. The molecule has 0 saturated carbocycles. The van der Waals surface area contributed by atoms with E-state index in [2.05, 4.69) is 109 Å². The van der Waals surface area contributed by atoms with Crippen LogP contribution in [0.4, 0.5) is 34.1 Å². The quantitative estimate of drug-likeness (QED) is 0.135. The summed E-state index contributed by atoms with van der Waals surface area (Å²) in [5.41, 5.74) is 9.68. The molecule has 0 unspecified atom stereocenters. The second-order valence-electron chi connectivity index (χ2n) is 33.4. The number of fused-ring (bicyclic) bond motifs is 15. The number of anilines is 6. The topological polar surface area (TPSA) is 25.6 Å². The predicted octanol–water partition coefficient (Wildman–Crippen LogP) is 24.8. The van der Waals surface area contributed by atoms with Crippen molar-refractivity contribution in [3.63, 3.8) is 0 Å². The first kappa shape index (κ1) is 49.2. The fourth-order valence-corrected chi connectivity index (χ4v) is 18.3. The number of para-hydroxylation sites is 4. The fraction of sp³-hybridized carbons (Fsp3) is 0.111. The minimum absolute atomic E-state index is 0.0175. The summed E-state index contributed by atoms with van der Waals surface area (Å²) in [6, 6.07) is 55.3. The van der Waals surface area contributed by atoms with Crippen molar-refractivity contribution in [2.45, 2.75) is 78.6 Å². The van der Waals surface area contributed by atoms with Crippen LogP contribution in [0.1, 0.15) is 109 Å². The maximum Gasteiger partial charge on any atom is 0.256 e. The van der Waals surface area contributed by atoms with Gasteiger partial charge < -0.3 is 23.7 Å². The molecule has 0 aliphatic carbocycles. The molecular formula is C108H84B2N4O. The molecular weight excluding hydrogens is 1390 g/mol. The zero-order valence-electron chi connectivity index (χ0n) is 86.6. The van der Waals surface area contributed by atoms with Crippen LogP contribution in [0.5, 0.6) is 11.5 Å². The van der Waals surface area contributed by atoms with Gasteiger partial charge in [0.15, 0.2) is 0 Å². The van der Waals surface area contributed by atoms with Gasteiger partial charge in [-0.15, -0.1) is 0 Å². The highest BCUT2D eigenvalue weighted by molar-refractivity contribution is 7.02. The van der Waals surface area contributed by atoms with Crippen molar-refractivity contribution in [2.75, 3.05) is 9.80 Å². The van der Waals surface area contributed by atoms with Crippen molar-refractivity contribution in [3.8, 4) is 89.6 Å². The van der Waals surface area contributed by atoms with Crippen LogP contribution < -0.4 is 47.3 Å². The third-order valence-corrected chi connectivity index (χ3v) is 23.5. The Morgan fingerprint density at radius 2 is 0.861 bits per heavy atom. The zero-order chi connectivity index (χ0) is 96.6. The van der Waals surface area contributed by atoms with Crippen molar-refractivity contribution < 1.29 is 34.9 Å². The number of ether oxygens (including phenoxy) is 1. The molecule has 18 aromatic rings. The second-order valence-corrected chi connectivity index (χ2v) is 33.4. The number of aromatic nitrogens is 2. The summed E-state index contributed by atoms with van der Waals surface area (Å²) >= 11 is 0. The average Bonchev–Trinajstić information content (AvgIpc) is 0.792. The van der Waals surface area contributed by atoms with Gasteiger partial charge in [-0.3, -0.25) is 0 Å². The molecule has 5 nitrogen and oxygen atoms in total. The van der Waals surface area contributed by atoms with Gasteiger partial charge in [0.05, 0.1) is 63.8 Å². The summed E-state index contributed by atoms with van der Waals surface area (Å²) in [5, 5.41) is -0.981. The predicted molar refractivity (Wildman–Crippen MR) is 489 cm³/mol. The van der Waals surface area contributed by atoms with E-state index in [4.69, 9.17) is 8.85 Å². The molecule has 0 bridgehead atoms. The highest BCUT2D eigenvalue weighted by Crippen LogP contribution is 2.58. The van der Waals surface area contributed by atoms with Crippen LogP contribution in [0.15, 0.2) is 345 Å². The second kappa shape index (κ2) is 25.6. The highest BCUT2D eigenvalue weighted by Gasteiger charge is 2.51. The Hall–Kier alpha value is -13.4. The maximum atomic E-state index is 12.2. The van der Waals surface area contributed by atoms with E-state index in [9.17, 15) is 26.0 Å². The average molecular weight is 1500 g/mol. The molecule has 2 aromatic heterocycles. The number of benzene rings is 16. The molecule has 4 aliphatic rings. The van der Waals surface area contributed by atoms with E-state index in [1.807, 2.05) is 176 Å². The monoisotopic (exact) mass is 1500 g/mol. The third kappa shape index (κ3) is 10.6. The van der Waals surface area contributed by atoms with Gasteiger partial charge in [0.25, 0.3) is 13.4 Å². The van der Waals surface area contributed by atoms with Crippen molar-refractivity contribution in [1.82, 2.24) is 9.13 Å². The Labute approximate surface area is 704 Å². The molecule has 0 atom stereocenters. The molecule has 548 valence electrons. The molecule has 6 heterocycles. The maximum absolute atomic E-state index is 12.2. The normalized spacial score (nSPS) is 15.9. The van der Waals surface area contributed by atoms with Crippen LogP contribution in [0, 0.1) is 0 Å². The number of hydrogen-bond acceptors (Lipinski definition) is 3. The largest absolute Gasteiger partial charge is 0.456 e. The van der Waals surface area contributed by atoms with E-state index < -0.39 is 190 Å². The van der Waals surface area contributed by atoms with Gasteiger partial charge in [0, 0.05) is 72.2 Å². The summed E-state index contributed by atoms with van der Waals surface area (Å²) < 4.78 is 232. The fourth-order valence-electron chi connectivity index (χ4n) is 18.3. The molecule has 4 aliphatic heterocycles. The van der Waals surface area contributed by atoms with Gasteiger partial charge in [0.2, 0.25) is 0 Å². The molecule has 0 saturated heterocycles. The lowest BCUT2D eigenvalue weighted by atomic mass is 9.31. The number of hydrogen-bond donors (Lipinski definition) is 0. The molecule has 22 rings (SSSR count). The van der Waals surface area contributed by atoms with Gasteiger partial charge in [-0.25, -0.2) is 0 Å². The van der Waals surface area contributed by atoms with Crippen molar-refractivity contribution in [2.24, 2.45) is 0 Å². The molecule has 7 heteroatoms. The van der Waals surface area contributed by atoms with Gasteiger partial charge in [-0.2, -0.15) is 0 Å². The molecule has 0 fully saturated rings. The van der Waals surface area contributed by atoms with E-state index in [-0.39, 0.29) is 66.4 Å². The van der Waals surface area contributed by atoms with Gasteiger partial charge in [0.1, 0.15) is 11.5 Å². The number of nitrogens with zero attached hydrogens (tertiary/aromatic N) is 4. The first-order chi connectivity index (χ1) is 65.2. The van der Waals surface area contributed by atoms with Crippen LogP contribution in [0.25, 0.3) is 122 Å². The number of rotatable bonds is 9. The molecule has 115 heavy (non-hydrogen) atoms. The summed E-state index contributed by atoms with van der Waals surface area (Å²) in [6.45, 7) is 16.6. The van der Waals surface area contributed by atoms with Crippen LogP contribution in [-0.2, 0) is 16.2 Å². The standard InChI is InChI=1S/C108H84B2N4O/c1-106(2,3)76-62-94-100-95(63-76)114(104-98(70-39-21-13-22-40-70)83(107(4,5)6)65-84(108(7,8)9)99(104)71-41-23-14-24-42-71)93-64-77(111-90-51-29-26-46-79(90)80-47-27-30-52-91(80)111)55-57-85(93)109(100)88-66-96-101-105(103(88)113(94)89-50-28-25-45-78(89)75-44-31-43-72(59-75)67-33-15-10-16-34-67)115-97-61-74(69-37-19-12-20-38-69)53-56-86(97)110(101)87-49-32-48-81-82-60-73(68-35-17-11-18-36-68)54-58-92(82)112(96)102(81)87/h10-66H,1-9H3/i11D,17D,18D,26D,27D,29D,30D,32D,35D,36D,46D,47D,48D,49D,51D,52D,54D,55D,57D,58D,60D,64D. The Morgan fingerprint density at radius 1 is 0.313 bits per heavy atom. The smallest absolute Gasteiger partial charge is 0.256 e. The van der Waals surface area contributed by atoms with Crippen molar-refractivity contribution >= 4 is 124 Å². The Bertz CT molecular complexity index is 8300. The minimum Gasteiger partial charge on any atom is -0.456 e. The molecule has 0 amide bonds. The van der Waals surface area contributed by atoms with Crippen LogP contribution >= 0.6 is 0 Å². The lowest BCUT2D eigenvalue weighted by molar-refractivity contribution is 0.489. The van der Waals surface area contributed by atoms with Crippen LogP contribution in [0.3, 0.4) is 0 Å². The Balaban J connectivity index is 1.01. The Morgan fingerprint density at radius 3 is 1.50 bits per heavy atom. The molecule has 16 aromatic carbocycles. The van der Waals surface area contributed by atoms with Gasteiger partial charge >= 0.3 is 0 Å². The first-order valence-electron chi connectivity index (χ1n) is 49.9. The minimum atomic E-state index is -1.44. The molecule has 0 radical (unpaired) electrons. The van der Waals surface area contributed by atoms with Gasteiger partial charge in [-0.05, 0) is 188 Å². The van der Waals surface area contributed by atoms with E-state index in [0.29, 0.717) is 72.5 Å². The molecule has 0 N–H and O–H groups in total. The lowest BCUT2D eigenvalue weighted by Gasteiger charge is -2.48. The summed E-state index contributed by atoms with van der Waals surface area (Å²) in [6.07, 6.45) is 0. The first-order valence-corrected chi connectivity index (χ1v) is 38.9. The van der Waals surface area contributed by atoms with Crippen LogP contribution in [0.2, 0.25) is 0 Å². The Kier molecular flexibility index (Phi) is 10.9. The SMILES string of the molecule is [2H]c1c([2H])c([2H])c(-c2c([2H])c([2H])c3c(c2[2H])c2c([2H])c([2H])c([2H])c4c2n3-c2cc3c(c5c2B4c2ccc(-c4ccccc4)cc2O5)N(c2ccccc2-c2cccc(-c4ccccc4)c2)c2cc(C(C)(C)C)cc4c2B3c2c([2H])c([2H])c(-n3c5c([2H])c([2H])c([2H])c([2H])c5c5c([2H])c([2H])c([2H])c([2H])c53)c([2H])c2N4c2c(-c3ccccc3)c(C(C)(C)C)cc(C(C)(C)C)c2-c2ccccc2)c([2H])c1[2H]. The molecule has 0 spiro atoms.